The highest BCUT2D eigenvalue weighted by molar-refractivity contribution is 5.95. The molecule has 4 aromatic rings. The molecule has 0 radical (unpaired) electrons. The van der Waals surface area contributed by atoms with Crippen molar-refractivity contribution in [3.8, 4) is 11.3 Å². The molecule has 0 aliphatic carbocycles. The fourth-order valence-corrected chi connectivity index (χ4v) is 4.19. The predicted molar refractivity (Wildman–Crippen MR) is 116 cm³/mol. The minimum Gasteiger partial charge on any atom is -0.433 e. The molecular formula is C26H23NO2. The van der Waals surface area contributed by atoms with E-state index in [0.717, 1.165) is 34.1 Å². The fourth-order valence-electron chi connectivity index (χ4n) is 4.19. The standard InChI is InChI=1S/C26H23NO2/c1-2-3-8-18-13-15-19(16-14-18)24-17-20-9-4-7-12-23(20)27(24)25-21-10-5-6-11-22(21)26(28)29-25/h4-7,9-17,25H,2-3,8H2,1H3. The first-order chi connectivity index (χ1) is 14.3. The molecule has 1 aliphatic rings. The molecule has 0 saturated carbocycles. The van der Waals surface area contributed by atoms with Crippen LogP contribution in [0.25, 0.3) is 22.2 Å². The van der Waals surface area contributed by atoms with Crippen molar-refractivity contribution in [1.29, 1.82) is 0 Å². The zero-order valence-corrected chi connectivity index (χ0v) is 16.5. The van der Waals surface area contributed by atoms with Crippen molar-refractivity contribution in [2.75, 3.05) is 0 Å². The van der Waals surface area contributed by atoms with Gasteiger partial charge in [0.1, 0.15) is 0 Å². The summed E-state index contributed by atoms with van der Waals surface area (Å²) in [6, 6.07) is 26.9. The number of ether oxygens (including phenoxy) is 1. The molecule has 3 aromatic carbocycles. The fraction of sp³-hybridized carbons (Fsp3) is 0.192. The zero-order chi connectivity index (χ0) is 19.8. The van der Waals surface area contributed by atoms with Gasteiger partial charge in [0.15, 0.2) is 0 Å². The number of unbranched alkanes of at least 4 members (excludes halogenated alkanes) is 1. The average Bonchev–Trinajstić information content (AvgIpc) is 3.30. The predicted octanol–water partition coefficient (Wildman–Crippen LogP) is 6.37. The molecule has 3 heteroatoms. The number of carbonyl (C=O) groups excluding carboxylic acids is 1. The smallest absolute Gasteiger partial charge is 0.340 e. The number of benzene rings is 3. The summed E-state index contributed by atoms with van der Waals surface area (Å²) in [6.45, 7) is 2.22. The molecule has 1 aliphatic heterocycles. The Morgan fingerprint density at radius 3 is 2.52 bits per heavy atom. The van der Waals surface area contributed by atoms with Crippen molar-refractivity contribution in [1.82, 2.24) is 4.57 Å². The first kappa shape index (κ1) is 17.7. The quantitative estimate of drug-likeness (QED) is 0.376. The van der Waals surface area contributed by atoms with Crippen LogP contribution >= 0.6 is 0 Å². The maximum absolute atomic E-state index is 12.5. The second-order valence-electron chi connectivity index (χ2n) is 7.60. The van der Waals surface area contributed by atoms with E-state index in [0.29, 0.717) is 5.56 Å². The number of esters is 1. The third-order valence-electron chi connectivity index (χ3n) is 5.72. The number of hydrogen-bond donors (Lipinski definition) is 0. The molecule has 0 fully saturated rings. The minimum absolute atomic E-state index is 0.260. The summed E-state index contributed by atoms with van der Waals surface area (Å²) in [7, 11) is 0. The van der Waals surface area contributed by atoms with Gasteiger partial charge in [-0.3, -0.25) is 0 Å². The first-order valence-corrected chi connectivity index (χ1v) is 10.3. The lowest BCUT2D eigenvalue weighted by molar-refractivity contribution is 0.0335. The Labute approximate surface area is 170 Å². The maximum Gasteiger partial charge on any atom is 0.340 e. The SMILES string of the molecule is CCCCc1ccc(-c2cc3ccccc3n2C2OC(=O)c3ccccc32)cc1. The van der Waals surface area contributed by atoms with Gasteiger partial charge < -0.3 is 9.30 Å². The maximum atomic E-state index is 12.5. The Bertz CT molecular complexity index is 1190. The zero-order valence-electron chi connectivity index (χ0n) is 16.5. The van der Waals surface area contributed by atoms with E-state index in [1.165, 1.54) is 18.4 Å². The average molecular weight is 381 g/mol. The van der Waals surface area contributed by atoms with Crippen molar-refractivity contribution in [2.45, 2.75) is 32.4 Å². The molecule has 1 atom stereocenters. The van der Waals surface area contributed by atoms with Crippen LogP contribution in [0.1, 0.15) is 47.5 Å². The van der Waals surface area contributed by atoms with Crippen molar-refractivity contribution < 1.29 is 9.53 Å². The molecule has 2 heterocycles. The molecule has 0 bridgehead atoms. The van der Waals surface area contributed by atoms with E-state index >= 15 is 0 Å². The van der Waals surface area contributed by atoms with Crippen LogP contribution in [0.2, 0.25) is 0 Å². The number of rotatable bonds is 5. The van der Waals surface area contributed by atoms with Crippen LogP contribution in [-0.4, -0.2) is 10.5 Å². The molecule has 1 unspecified atom stereocenters. The summed E-state index contributed by atoms with van der Waals surface area (Å²) >= 11 is 0. The van der Waals surface area contributed by atoms with Gasteiger partial charge in [-0.05, 0) is 42.2 Å². The summed E-state index contributed by atoms with van der Waals surface area (Å²) in [6.07, 6.45) is 3.05. The number of aromatic nitrogens is 1. The Hall–Kier alpha value is -3.33. The van der Waals surface area contributed by atoms with Crippen LogP contribution in [0.4, 0.5) is 0 Å². The Morgan fingerprint density at radius 1 is 0.931 bits per heavy atom. The van der Waals surface area contributed by atoms with E-state index in [-0.39, 0.29) is 5.97 Å². The second-order valence-corrected chi connectivity index (χ2v) is 7.60. The van der Waals surface area contributed by atoms with Crippen LogP contribution in [0, 0.1) is 0 Å². The van der Waals surface area contributed by atoms with E-state index < -0.39 is 6.23 Å². The van der Waals surface area contributed by atoms with Gasteiger partial charge in [-0.25, -0.2) is 4.79 Å². The molecule has 5 rings (SSSR count). The lowest BCUT2D eigenvalue weighted by Gasteiger charge is -2.18. The molecule has 0 saturated heterocycles. The molecule has 0 N–H and O–H groups in total. The number of hydrogen-bond acceptors (Lipinski definition) is 2. The molecule has 3 nitrogen and oxygen atoms in total. The van der Waals surface area contributed by atoms with E-state index in [1.807, 2.05) is 36.4 Å². The molecule has 144 valence electrons. The van der Waals surface area contributed by atoms with Gasteiger partial charge in [0.05, 0.1) is 16.8 Å². The molecule has 1 aromatic heterocycles. The highest BCUT2D eigenvalue weighted by Gasteiger charge is 2.33. The van der Waals surface area contributed by atoms with E-state index in [1.54, 1.807) is 0 Å². The number of aryl methyl sites for hydroxylation is 1. The number of nitrogens with zero attached hydrogens (tertiary/aromatic N) is 1. The third-order valence-corrected chi connectivity index (χ3v) is 5.72. The van der Waals surface area contributed by atoms with Gasteiger partial charge >= 0.3 is 5.97 Å². The second kappa shape index (κ2) is 7.25. The minimum atomic E-state index is -0.451. The number of fused-ring (bicyclic) bond motifs is 2. The monoisotopic (exact) mass is 381 g/mol. The number of carbonyl (C=O) groups is 1. The van der Waals surface area contributed by atoms with E-state index in [2.05, 4.69) is 54.0 Å². The summed E-state index contributed by atoms with van der Waals surface area (Å²) in [4.78, 5) is 12.5. The Balaban J connectivity index is 1.65. The lowest BCUT2D eigenvalue weighted by atomic mass is 10.0. The Morgan fingerprint density at radius 2 is 1.69 bits per heavy atom. The summed E-state index contributed by atoms with van der Waals surface area (Å²) in [5.74, 6) is -0.260. The van der Waals surface area contributed by atoms with E-state index in [4.69, 9.17) is 4.74 Å². The number of para-hydroxylation sites is 1. The number of cyclic esters (lactones) is 1. The van der Waals surface area contributed by atoms with Gasteiger partial charge in [-0.2, -0.15) is 0 Å². The van der Waals surface area contributed by atoms with Crippen molar-refractivity contribution >= 4 is 16.9 Å². The van der Waals surface area contributed by atoms with Crippen LogP contribution < -0.4 is 0 Å². The van der Waals surface area contributed by atoms with Crippen LogP contribution in [0.15, 0.2) is 78.9 Å². The summed E-state index contributed by atoms with van der Waals surface area (Å²) in [5.41, 5.74) is 6.17. The molecular weight excluding hydrogens is 358 g/mol. The van der Waals surface area contributed by atoms with Gasteiger partial charge in [0, 0.05) is 10.9 Å². The lowest BCUT2D eigenvalue weighted by Crippen LogP contribution is -2.11. The van der Waals surface area contributed by atoms with Crippen molar-refractivity contribution in [3.63, 3.8) is 0 Å². The van der Waals surface area contributed by atoms with Gasteiger partial charge in [0.25, 0.3) is 0 Å². The molecule has 0 amide bonds. The Kier molecular flexibility index (Phi) is 4.44. The van der Waals surface area contributed by atoms with Crippen molar-refractivity contribution in [3.05, 3.63) is 95.6 Å². The summed E-state index contributed by atoms with van der Waals surface area (Å²) in [5, 5.41) is 1.14. The largest absolute Gasteiger partial charge is 0.433 e. The normalized spacial score (nSPS) is 15.5. The van der Waals surface area contributed by atoms with Crippen LogP contribution in [0.5, 0.6) is 0 Å². The van der Waals surface area contributed by atoms with Crippen LogP contribution in [-0.2, 0) is 11.2 Å². The highest BCUT2D eigenvalue weighted by Crippen LogP contribution is 2.39. The third kappa shape index (κ3) is 3.03. The first-order valence-electron chi connectivity index (χ1n) is 10.3. The highest BCUT2D eigenvalue weighted by atomic mass is 16.6. The van der Waals surface area contributed by atoms with Crippen LogP contribution in [0.3, 0.4) is 0 Å². The van der Waals surface area contributed by atoms with Crippen molar-refractivity contribution in [2.24, 2.45) is 0 Å². The van der Waals surface area contributed by atoms with Gasteiger partial charge in [0.2, 0.25) is 6.23 Å². The van der Waals surface area contributed by atoms with Gasteiger partial charge in [-0.15, -0.1) is 0 Å². The molecule has 29 heavy (non-hydrogen) atoms. The molecule has 0 spiro atoms. The van der Waals surface area contributed by atoms with Gasteiger partial charge in [-0.1, -0.05) is 74.0 Å². The van der Waals surface area contributed by atoms with E-state index in [9.17, 15) is 4.79 Å². The summed E-state index contributed by atoms with van der Waals surface area (Å²) < 4.78 is 8.00. The topological polar surface area (TPSA) is 31.2 Å².